The van der Waals surface area contributed by atoms with Gasteiger partial charge in [0, 0.05) is 5.69 Å². The van der Waals surface area contributed by atoms with E-state index in [4.69, 9.17) is 10.00 Å². The molecule has 1 fully saturated rings. The fourth-order valence-electron chi connectivity index (χ4n) is 2.46. The van der Waals surface area contributed by atoms with Crippen LogP contribution in [-0.2, 0) is 19.1 Å². The van der Waals surface area contributed by atoms with E-state index in [2.05, 4.69) is 10.6 Å². The van der Waals surface area contributed by atoms with Gasteiger partial charge >= 0.3 is 12.0 Å². The maximum atomic E-state index is 12.3. The Hall–Kier alpha value is -3.41. The number of nitrogens with zero attached hydrogens (tertiary/aromatic N) is 2. The van der Waals surface area contributed by atoms with E-state index in [0.717, 1.165) is 4.90 Å². The second-order valence-electron chi connectivity index (χ2n) is 6.32. The van der Waals surface area contributed by atoms with Crippen molar-refractivity contribution >= 4 is 29.5 Å². The highest BCUT2D eigenvalue weighted by molar-refractivity contribution is 6.08. The zero-order valence-electron chi connectivity index (χ0n) is 15.2. The Labute approximate surface area is 156 Å². The third-order valence-corrected chi connectivity index (χ3v) is 4.28. The van der Waals surface area contributed by atoms with E-state index < -0.39 is 42.0 Å². The predicted octanol–water partition coefficient (Wildman–Crippen LogP) is 1.15. The molecular formula is C18H20N4O5. The van der Waals surface area contributed by atoms with E-state index in [0.29, 0.717) is 17.7 Å². The van der Waals surface area contributed by atoms with E-state index in [9.17, 15) is 19.2 Å². The van der Waals surface area contributed by atoms with Crippen molar-refractivity contribution in [3.05, 3.63) is 29.8 Å². The fraction of sp³-hybridized carbons (Fsp3) is 0.389. The number of hydrogen-bond donors (Lipinski definition) is 2. The normalized spacial score (nSPS) is 19.9. The number of carbonyl (C=O) groups is 4. The summed E-state index contributed by atoms with van der Waals surface area (Å²) in [7, 11) is 0. The van der Waals surface area contributed by atoms with Gasteiger partial charge in [-0.05, 0) is 38.5 Å². The number of anilines is 1. The van der Waals surface area contributed by atoms with Crippen LogP contribution >= 0.6 is 0 Å². The Morgan fingerprint density at radius 3 is 2.70 bits per heavy atom. The quantitative estimate of drug-likeness (QED) is 0.569. The molecule has 4 amide bonds. The largest absolute Gasteiger partial charge is 0.451 e. The Morgan fingerprint density at radius 2 is 2.11 bits per heavy atom. The standard InChI is InChI=1S/C18H20N4O5/c1-4-18(3)16(25)22(17(26)21-18)10-14(23)27-11(2)15(24)20-13-7-5-6-12(8-13)9-19/h5-8,11H,4,10H2,1-3H3,(H,20,24)(H,21,26)/t11-,18+/m1/s1. The maximum Gasteiger partial charge on any atom is 0.327 e. The number of esters is 1. The molecule has 0 unspecified atom stereocenters. The highest BCUT2D eigenvalue weighted by Gasteiger charge is 2.47. The highest BCUT2D eigenvalue weighted by atomic mass is 16.5. The summed E-state index contributed by atoms with van der Waals surface area (Å²) >= 11 is 0. The van der Waals surface area contributed by atoms with Crippen LogP contribution < -0.4 is 10.6 Å². The van der Waals surface area contributed by atoms with Gasteiger partial charge in [-0.15, -0.1) is 0 Å². The van der Waals surface area contributed by atoms with E-state index in [1.807, 2.05) is 6.07 Å². The highest BCUT2D eigenvalue weighted by Crippen LogP contribution is 2.20. The molecule has 1 aliphatic heterocycles. The molecule has 9 nitrogen and oxygen atoms in total. The van der Waals surface area contributed by atoms with E-state index >= 15 is 0 Å². The molecule has 0 spiro atoms. The number of nitrogens with one attached hydrogen (secondary N) is 2. The van der Waals surface area contributed by atoms with Crippen LogP contribution in [0.25, 0.3) is 0 Å². The minimum absolute atomic E-state index is 0.370. The molecule has 0 aromatic heterocycles. The second-order valence-corrected chi connectivity index (χ2v) is 6.32. The predicted molar refractivity (Wildman–Crippen MR) is 94.3 cm³/mol. The molecule has 9 heteroatoms. The van der Waals surface area contributed by atoms with Gasteiger partial charge in [-0.2, -0.15) is 5.26 Å². The SMILES string of the molecule is CC[C@]1(C)NC(=O)N(CC(=O)O[C@H](C)C(=O)Nc2cccc(C#N)c2)C1=O. The lowest BCUT2D eigenvalue weighted by atomic mass is 9.99. The van der Waals surface area contributed by atoms with Crippen LogP contribution in [-0.4, -0.2) is 46.9 Å². The summed E-state index contributed by atoms with van der Waals surface area (Å²) in [5.41, 5.74) is -0.295. The van der Waals surface area contributed by atoms with Crippen LogP contribution in [0, 0.1) is 11.3 Å². The smallest absolute Gasteiger partial charge is 0.327 e. The lowest BCUT2D eigenvalue weighted by molar-refractivity contribution is -0.155. The number of hydrogen-bond acceptors (Lipinski definition) is 6. The Balaban J connectivity index is 1.93. The molecule has 2 atom stereocenters. The first-order valence-electron chi connectivity index (χ1n) is 8.34. The van der Waals surface area contributed by atoms with Gasteiger partial charge in [-0.25, -0.2) is 4.79 Å². The van der Waals surface area contributed by atoms with Gasteiger partial charge in [0.25, 0.3) is 11.8 Å². The van der Waals surface area contributed by atoms with Gasteiger partial charge in [0.15, 0.2) is 6.10 Å². The van der Waals surface area contributed by atoms with Crippen LogP contribution in [0.2, 0.25) is 0 Å². The number of imide groups is 1. The van der Waals surface area contributed by atoms with Crippen LogP contribution in [0.1, 0.15) is 32.8 Å². The maximum absolute atomic E-state index is 12.3. The zero-order valence-corrected chi connectivity index (χ0v) is 15.2. The van der Waals surface area contributed by atoms with Crippen molar-refractivity contribution in [2.75, 3.05) is 11.9 Å². The Bertz CT molecular complexity index is 831. The van der Waals surface area contributed by atoms with Crippen LogP contribution in [0.15, 0.2) is 24.3 Å². The summed E-state index contributed by atoms with van der Waals surface area (Å²) in [6.07, 6.45) is -0.773. The summed E-state index contributed by atoms with van der Waals surface area (Å²) in [6, 6.07) is 7.53. The van der Waals surface area contributed by atoms with E-state index in [1.165, 1.54) is 13.0 Å². The van der Waals surface area contributed by atoms with Crippen molar-refractivity contribution in [2.24, 2.45) is 0 Å². The number of nitriles is 1. The molecule has 1 aromatic rings. The molecule has 0 saturated carbocycles. The number of urea groups is 1. The molecule has 0 radical (unpaired) electrons. The molecular weight excluding hydrogens is 352 g/mol. The van der Waals surface area contributed by atoms with Gasteiger partial charge in [0.2, 0.25) is 0 Å². The molecule has 1 saturated heterocycles. The molecule has 27 heavy (non-hydrogen) atoms. The summed E-state index contributed by atoms with van der Waals surface area (Å²) < 4.78 is 5.01. The lowest BCUT2D eigenvalue weighted by Gasteiger charge is -2.19. The summed E-state index contributed by atoms with van der Waals surface area (Å²) in [4.78, 5) is 49.1. The van der Waals surface area contributed by atoms with Crippen molar-refractivity contribution in [3.63, 3.8) is 0 Å². The van der Waals surface area contributed by atoms with Gasteiger partial charge < -0.3 is 15.4 Å². The molecule has 1 aliphatic rings. The third kappa shape index (κ3) is 4.41. The number of amides is 4. The van der Waals surface area contributed by atoms with Crippen molar-refractivity contribution in [3.8, 4) is 6.07 Å². The first kappa shape index (κ1) is 19.9. The topological polar surface area (TPSA) is 129 Å². The Morgan fingerprint density at radius 1 is 1.41 bits per heavy atom. The van der Waals surface area contributed by atoms with Gasteiger partial charge in [0.05, 0.1) is 11.6 Å². The summed E-state index contributed by atoms with van der Waals surface area (Å²) in [6.45, 7) is 4.10. The molecule has 2 N–H and O–H groups in total. The molecule has 2 rings (SSSR count). The summed E-state index contributed by atoms with van der Waals surface area (Å²) in [5, 5.41) is 13.9. The number of benzene rings is 1. The lowest BCUT2D eigenvalue weighted by Crippen LogP contribution is -2.44. The minimum atomic E-state index is -1.15. The van der Waals surface area contributed by atoms with Gasteiger partial charge in [-0.3, -0.25) is 19.3 Å². The van der Waals surface area contributed by atoms with Crippen molar-refractivity contribution in [2.45, 2.75) is 38.8 Å². The minimum Gasteiger partial charge on any atom is -0.451 e. The zero-order chi connectivity index (χ0) is 20.2. The monoisotopic (exact) mass is 372 g/mol. The van der Waals surface area contributed by atoms with Crippen LogP contribution in [0.4, 0.5) is 10.5 Å². The van der Waals surface area contributed by atoms with Gasteiger partial charge in [-0.1, -0.05) is 13.0 Å². The molecule has 0 bridgehead atoms. The fourth-order valence-corrected chi connectivity index (χ4v) is 2.46. The third-order valence-electron chi connectivity index (χ3n) is 4.28. The van der Waals surface area contributed by atoms with Crippen molar-refractivity contribution < 1.29 is 23.9 Å². The van der Waals surface area contributed by atoms with E-state index in [-0.39, 0.29) is 0 Å². The van der Waals surface area contributed by atoms with Crippen molar-refractivity contribution in [1.29, 1.82) is 5.26 Å². The first-order valence-corrected chi connectivity index (χ1v) is 8.34. The first-order chi connectivity index (χ1) is 12.7. The average Bonchev–Trinajstić information content (AvgIpc) is 2.85. The number of ether oxygens (including phenoxy) is 1. The second kappa shape index (κ2) is 7.86. The molecule has 142 valence electrons. The molecule has 0 aliphatic carbocycles. The van der Waals surface area contributed by atoms with Crippen LogP contribution in [0.5, 0.6) is 0 Å². The summed E-state index contributed by atoms with van der Waals surface area (Å²) in [5.74, 6) is -2.00. The van der Waals surface area contributed by atoms with E-state index in [1.54, 1.807) is 32.0 Å². The molecule has 1 aromatic carbocycles. The number of carbonyl (C=O) groups excluding carboxylic acids is 4. The Kier molecular flexibility index (Phi) is 5.80. The molecule has 1 heterocycles. The van der Waals surface area contributed by atoms with Gasteiger partial charge in [0.1, 0.15) is 12.1 Å². The average molecular weight is 372 g/mol. The number of rotatable bonds is 6. The van der Waals surface area contributed by atoms with Crippen LogP contribution in [0.3, 0.4) is 0 Å². The van der Waals surface area contributed by atoms with Crippen molar-refractivity contribution in [1.82, 2.24) is 10.2 Å².